The number of nitrogens with zero attached hydrogens (tertiary/aromatic N) is 4. The van der Waals surface area contributed by atoms with Crippen molar-refractivity contribution in [1.82, 2.24) is 40.4 Å². The van der Waals surface area contributed by atoms with Crippen molar-refractivity contribution in [3.8, 4) is 28.1 Å². The molecule has 16 nitrogen and oxygen atoms in total. The molecule has 0 unspecified atom stereocenters. The molecule has 5 aromatic rings. The van der Waals surface area contributed by atoms with E-state index in [4.69, 9.17) is 28.9 Å². The van der Waals surface area contributed by atoms with Crippen LogP contribution in [0.3, 0.4) is 0 Å². The van der Waals surface area contributed by atoms with Crippen molar-refractivity contribution in [2.45, 2.75) is 96.3 Å². The molecule has 60 heavy (non-hydrogen) atoms. The van der Waals surface area contributed by atoms with Crippen LogP contribution in [0.5, 0.6) is 5.75 Å². The first-order valence-electron chi connectivity index (χ1n) is 20.5. The third-order valence-corrected chi connectivity index (χ3v) is 12.4. The molecule has 0 aliphatic carbocycles. The maximum atomic E-state index is 14.0. The van der Waals surface area contributed by atoms with Crippen molar-refractivity contribution < 1.29 is 38.1 Å². The van der Waals surface area contributed by atoms with Crippen LogP contribution in [0.1, 0.15) is 82.7 Å². The quantitative estimate of drug-likeness (QED) is 0.121. The molecule has 316 valence electrons. The molecule has 0 saturated carbocycles. The molecule has 7 atom stereocenters. The normalized spacial score (nSPS) is 21.2. The average molecular weight is 821 g/mol. The van der Waals surface area contributed by atoms with E-state index in [1.54, 1.807) is 18.0 Å². The summed E-state index contributed by atoms with van der Waals surface area (Å²) in [7, 11) is 4.05. The van der Waals surface area contributed by atoms with Gasteiger partial charge in [-0.25, -0.2) is 19.6 Å². The maximum absolute atomic E-state index is 14.0. The Kier molecular flexibility index (Phi) is 11.2. The number of likely N-dealkylation sites (tertiary alicyclic amines) is 2. The molecular weight excluding hydrogens is 769 g/mol. The Bertz CT molecular complexity index is 2460. The van der Waals surface area contributed by atoms with E-state index in [9.17, 15) is 19.2 Å². The molecule has 0 bridgehead atoms. The third kappa shape index (κ3) is 7.37. The number of carbonyl (C=O) groups excluding carboxylic acids is 4. The van der Waals surface area contributed by atoms with Gasteiger partial charge in [0.25, 0.3) is 0 Å². The second-order valence-electron chi connectivity index (χ2n) is 16.2. The van der Waals surface area contributed by atoms with Crippen LogP contribution < -0.4 is 15.4 Å². The van der Waals surface area contributed by atoms with Crippen LogP contribution >= 0.6 is 0 Å². The topological polar surface area (TPSA) is 193 Å². The summed E-state index contributed by atoms with van der Waals surface area (Å²) in [5, 5.41) is 7.30. The number of nitrogens with one attached hydrogen (secondary N) is 4. The van der Waals surface area contributed by atoms with E-state index in [1.165, 1.54) is 21.3 Å². The molecule has 4 amide bonds. The number of methoxy groups -OCH3 is 3. The van der Waals surface area contributed by atoms with Crippen molar-refractivity contribution in [3.05, 3.63) is 65.9 Å². The van der Waals surface area contributed by atoms with Gasteiger partial charge in [-0.1, -0.05) is 32.0 Å². The number of imidazole rings is 2. The lowest BCUT2D eigenvalue weighted by atomic mass is 9.92. The minimum absolute atomic E-state index is 0.00770. The van der Waals surface area contributed by atoms with Gasteiger partial charge in [-0.3, -0.25) is 9.59 Å². The molecule has 5 heterocycles. The number of aromatic nitrogens is 4. The first kappa shape index (κ1) is 40.6. The van der Waals surface area contributed by atoms with Gasteiger partial charge < -0.3 is 49.3 Å². The van der Waals surface area contributed by atoms with Gasteiger partial charge in [0.05, 0.1) is 55.3 Å². The minimum atomic E-state index is -0.929. The van der Waals surface area contributed by atoms with Gasteiger partial charge in [-0.15, -0.1) is 0 Å². The number of hydrogen-bond donors (Lipinski definition) is 4. The molecule has 16 heteroatoms. The highest BCUT2D eigenvalue weighted by Gasteiger charge is 2.42. The van der Waals surface area contributed by atoms with Crippen LogP contribution in [0, 0.1) is 5.92 Å². The Morgan fingerprint density at radius 2 is 1.70 bits per heavy atom. The predicted molar refractivity (Wildman–Crippen MR) is 223 cm³/mol. The average Bonchev–Trinajstić information content (AvgIpc) is 4.08. The molecular formula is C44H52N8O8. The lowest BCUT2D eigenvalue weighted by Crippen LogP contribution is -2.54. The van der Waals surface area contributed by atoms with Crippen LogP contribution in [0.25, 0.3) is 44.2 Å². The van der Waals surface area contributed by atoms with Gasteiger partial charge in [0.1, 0.15) is 36.1 Å². The van der Waals surface area contributed by atoms with Crippen molar-refractivity contribution in [2.75, 3.05) is 27.9 Å². The second-order valence-corrected chi connectivity index (χ2v) is 16.2. The van der Waals surface area contributed by atoms with E-state index in [0.29, 0.717) is 37.6 Å². The number of alkyl carbamates (subject to hydrolysis) is 2. The predicted octanol–water partition coefficient (Wildman–Crippen LogP) is 6.52. The van der Waals surface area contributed by atoms with E-state index in [2.05, 4.69) is 63.9 Å². The number of aromatic amines is 2. The van der Waals surface area contributed by atoms with Crippen molar-refractivity contribution in [3.63, 3.8) is 0 Å². The highest BCUT2D eigenvalue weighted by atomic mass is 16.5. The largest absolute Gasteiger partial charge is 0.488 e. The van der Waals surface area contributed by atoms with Gasteiger partial charge >= 0.3 is 12.2 Å². The summed E-state index contributed by atoms with van der Waals surface area (Å²) < 4.78 is 21.4. The van der Waals surface area contributed by atoms with E-state index in [0.717, 1.165) is 68.3 Å². The Hall–Kier alpha value is -6.16. The second kappa shape index (κ2) is 16.5. The number of rotatable bonds is 10. The van der Waals surface area contributed by atoms with E-state index in [-0.39, 0.29) is 35.9 Å². The first-order chi connectivity index (χ1) is 28.9. The molecule has 0 radical (unpaired) electrons. The summed E-state index contributed by atoms with van der Waals surface area (Å²) in [6, 6.07) is 12.4. The summed E-state index contributed by atoms with van der Waals surface area (Å²) in [4.78, 5) is 72.2. The van der Waals surface area contributed by atoms with Gasteiger partial charge in [-0.2, -0.15) is 0 Å². The van der Waals surface area contributed by atoms with Gasteiger partial charge in [0.2, 0.25) is 11.8 Å². The molecule has 3 aliphatic rings. The lowest BCUT2D eigenvalue weighted by Gasteiger charge is -2.31. The molecule has 0 spiro atoms. The van der Waals surface area contributed by atoms with Crippen LogP contribution in [0.15, 0.2) is 48.7 Å². The maximum Gasteiger partial charge on any atom is 0.407 e. The Balaban J connectivity index is 1.04. The Labute approximate surface area is 347 Å². The summed E-state index contributed by atoms with van der Waals surface area (Å²) in [6.07, 6.45) is 2.62. The monoisotopic (exact) mass is 820 g/mol. The number of benzene rings is 3. The Morgan fingerprint density at radius 3 is 2.45 bits per heavy atom. The van der Waals surface area contributed by atoms with Crippen LogP contribution in [-0.4, -0.2) is 106 Å². The Morgan fingerprint density at radius 1 is 0.917 bits per heavy atom. The fourth-order valence-corrected chi connectivity index (χ4v) is 9.06. The van der Waals surface area contributed by atoms with Crippen LogP contribution in [0.4, 0.5) is 9.59 Å². The zero-order valence-corrected chi connectivity index (χ0v) is 35.0. The third-order valence-electron chi connectivity index (χ3n) is 12.4. The number of H-pyrrole nitrogens is 2. The molecule has 2 saturated heterocycles. The lowest BCUT2D eigenvalue weighted by molar-refractivity contribution is -0.138. The minimum Gasteiger partial charge on any atom is -0.488 e. The number of hydrogen-bond acceptors (Lipinski definition) is 10. The molecule has 4 N–H and O–H groups in total. The summed E-state index contributed by atoms with van der Waals surface area (Å²) >= 11 is 0. The van der Waals surface area contributed by atoms with Gasteiger partial charge in [0.15, 0.2) is 0 Å². The van der Waals surface area contributed by atoms with Crippen LogP contribution in [0.2, 0.25) is 0 Å². The summed E-state index contributed by atoms with van der Waals surface area (Å²) in [6.45, 7) is 8.61. The number of ether oxygens (including phenoxy) is 4. The zero-order chi connectivity index (χ0) is 42.4. The SMILES string of the molecule is CC[C@H](NC(=O)OC)C(=O)N1[C@@H](C)CC[C@H]1c1ncc(-c2ccc3c(c2)COc2cc4c(ccc5nc([C@@H]6C[C@H](C)CN6C(=O)[C@@H](NC(=O)OC)[C@@H](C)OC)[nH]c54)cc2-3)[nH]1. The molecule has 2 aromatic heterocycles. The molecule has 8 rings (SSSR count). The molecule has 3 aromatic carbocycles. The van der Waals surface area contributed by atoms with E-state index in [1.807, 2.05) is 24.8 Å². The standard InChI is InChI=1S/C44H52N8O8/c1-8-31(48-43(55)58-6)41(53)52-23(3)9-14-34(52)39-45-19-33(47-39)26-10-12-28-27(16-26)21-60-36-18-29-25(17-30(28)36)11-13-32-38(29)49-40(46-32)35-15-22(2)20-51(35)42(54)37(24(4)57-5)50-44(56)59-7/h10-13,16-19,22-24,31,34-35,37H,8-9,14-15,20-21H2,1-7H3,(H,45,47)(H,46,49)(H,48,55)(H,50,56)/t22-,23-,24+,31-,34-,35-,37-/m0/s1. The summed E-state index contributed by atoms with van der Waals surface area (Å²) in [5.41, 5.74) is 6.52. The fourth-order valence-electron chi connectivity index (χ4n) is 9.06. The number of fused-ring (bicyclic) bond motifs is 6. The zero-order valence-electron chi connectivity index (χ0n) is 35.0. The summed E-state index contributed by atoms with van der Waals surface area (Å²) in [5.74, 6) is 1.95. The van der Waals surface area contributed by atoms with Crippen molar-refractivity contribution >= 4 is 45.8 Å². The van der Waals surface area contributed by atoms with E-state index >= 15 is 0 Å². The molecule has 2 fully saturated rings. The van der Waals surface area contributed by atoms with Crippen LogP contribution in [-0.2, 0) is 30.4 Å². The van der Waals surface area contributed by atoms with E-state index < -0.39 is 30.4 Å². The first-order valence-corrected chi connectivity index (χ1v) is 20.5. The van der Waals surface area contributed by atoms with Gasteiger partial charge in [-0.05, 0) is 91.8 Å². The van der Waals surface area contributed by atoms with Gasteiger partial charge in [0, 0.05) is 30.6 Å². The smallest absolute Gasteiger partial charge is 0.407 e. The highest BCUT2D eigenvalue weighted by Crippen LogP contribution is 2.44. The number of carbonyl (C=O) groups is 4. The fraction of sp³-hybridized carbons (Fsp3) is 0.455. The molecule has 3 aliphatic heterocycles. The highest BCUT2D eigenvalue weighted by molar-refractivity contribution is 6.07. The van der Waals surface area contributed by atoms with Crippen molar-refractivity contribution in [1.29, 1.82) is 0 Å². The number of amides is 4. The van der Waals surface area contributed by atoms with Crippen molar-refractivity contribution in [2.24, 2.45) is 5.92 Å².